The minimum absolute atomic E-state index is 0.0767. The SMILES string of the molecule is COc1ccc(Cl)c(/C(O)=C2\C(=O)C(=O)N(c3ccc(C)cc3)C2c2ccccc2F)c1. The Morgan fingerprint density at radius 2 is 1.75 bits per heavy atom. The highest BCUT2D eigenvalue weighted by molar-refractivity contribution is 6.52. The fourth-order valence-electron chi connectivity index (χ4n) is 3.75. The van der Waals surface area contributed by atoms with Crippen molar-refractivity contribution < 1.29 is 23.8 Å². The van der Waals surface area contributed by atoms with E-state index in [0.29, 0.717) is 11.4 Å². The van der Waals surface area contributed by atoms with Crippen LogP contribution in [0, 0.1) is 12.7 Å². The number of aliphatic hydroxyl groups excluding tert-OH is 1. The van der Waals surface area contributed by atoms with Gasteiger partial charge in [-0.3, -0.25) is 14.5 Å². The van der Waals surface area contributed by atoms with E-state index in [9.17, 15) is 19.1 Å². The van der Waals surface area contributed by atoms with E-state index in [1.807, 2.05) is 6.92 Å². The average molecular weight is 452 g/mol. The molecular formula is C25H19ClFNO4. The summed E-state index contributed by atoms with van der Waals surface area (Å²) < 4.78 is 20.1. The lowest BCUT2D eigenvalue weighted by Crippen LogP contribution is -2.29. The molecule has 32 heavy (non-hydrogen) atoms. The number of methoxy groups -OCH3 is 1. The molecule has 3 aromatic carbocycles. The molecule has 7 heteroatoms. The van der Waals surface area contributed by atoms with Crippen LogP contribution in [-0.2, 0) is 9.59 Å². The third-order valence-electron chi connectivity index (χ3n) is 5.39. The molecule has 1 aliphatic rings. The van der Waals surface area contributed by atoms with Crippen molar-refractivity contribution >= 4 is 34.7 Å². The van der Waals surface area contributed by atoms with Crippen LogP contribution >= 0.6 is 11.6 Å². The Hall–Kier alpha value is -3.64. The highest BCUT2D eigenvalue weighted by Crippen LogP contribution is 2.44. The van der Waals surface area contributed by atoms with Crippen LogP contribution < -0.4 is 9.64 Å². The lowest BCUT2D eigenvalue weighted by molar-refractivity contribution is -0.132. The molecule has 1 atom stereocenters. The number of nitrogens with zero attached hydrogens (tertiary/aromatic N) is 1. The van der Waals surface area contributed by atoms with Crippen LogP contribution in [0.2, 0.25) is 5.02 Å². The summed E-state index contributed by atoms with van der Waals surface area (Å²) in [6.45, 7) is 1.89. The van der Waals surface area contributed by atoms with Gasteiger partial charge in [-0.25, -0.2) is 4.39 Å². The molecule has 0 radical (unpaired) electrons. The Labute approximate surface area is 189 Å². The largest absolute Gasteiger partial charge is 0.507 e. The smallest absolute Gasteiger partial charge is 0.300 e. The van der Waals surface area contributed by atoms with Gasteiger partial charge < -0.3 is 9.84 Å². The van der Waals surface area contributed by atoms with Gasteiger partial charge in [-0.1, -0.05) is 47.5 Å². The molecular weight excluding hydrogens is 433 g/mol. The molecule has 3 aromatic rings. The molecule has 0 spiro atoms. The second-order valence-corrected chi connectivity index (χ2v) is 7.78. The minimum Gasteiger partial charge on any atom is -0.507 e. The Morgan fingerprint density at radius 1 is 1.06 bits per heavy atom. The van der Waals surface area contributed by atoms with Gasteiger partial charge in [-0.05, 0) is 43.3 Å². The summed E-state index contributed by atoms with van der Waals surface area (Å²) in [5.74, 6) is -2.53. The lowest BCUT2D eigenvalue weighted by Gasteiger charge is -2.26. The van der Waals surface area contributed by atoms with Crippen LogP contribution in [0.4, 0.5) is 10.1 Å². The number of aryl methyl sites for hydroxylation is 1. The maximum atomic E-state index is 14.9. The summed E-state index contributed by atoms with van der Waals surface area (Å²) in [4.78, 5) is 27.4. The second kappa shape index (κ2) is 8.48. The number of rotatable bonds is 4. The summed E-state index contributed by atoms with van der Waals surface area (Å²) in [5.41, 5.74) is 1.29. The van der Waals surface area contributed by atoms with Crippen LogP contribution in [0.1, 0.15) is 22.7 Å². The van der Waals surface area contributed by atoms with Crippen molar-refractivity contribution in [2.45, 2.75) is 13.0 Å². The van der Waals surface area contributed by atoms with Crippen LogP contribution in [0.15, 0.2) is 72.3 Å². The van der Waals surface area contributed by atoms with E-state index in [1.54, 1.807) is 36.4 Å². The number of ketones is 1. The molecule has 4 rings (SSSR count). The average Bonchev–Trinajstić information content (AvgIpc) is 3.05. The van der Waals surface area contributed by atoms with Gasteiger partial charge in [0.25, 0.3) is 11.7 Å². The van der Waals surface area contributed by atoms with Gasteiger partial charge in [-0.15, -0.1) is 0 Å². The zero-order valence-corrected chi connectivity index (χ0v) is 18.1. The number of aliphatic hydroxyl groups is 1. The molecule has 0 saturated carbocycles. The summed E-state index contributed by atoms with van der Waals surface area (Å²) in [6.07, 6.45) is 0. The number of carbonyl (C=O) groups excluding carboxylic acids is 2. The van der Waals surface area contributed by atoms with E-state index >= 15 is 0 Å². The molecule has 0 aromatic heterocycles. The normalized spacial score (nSPS) is 17.6. The van der Waals surface area contributed by atoms with E-state index in [-0.39, 0.29) is 21.7 Å². The van der Waals surface area contributed by atoms with E-state index in [2.05, 4.69) is 0 Å². The van der Waals surface area contributed by atoms with Gasteiger partial charge in [0.15, 0.2) is 0 Å². The van der Waals surface area contributed by atoms with Gasteiger partial charge >= 0.3 is 0 Å². The number of amides is 1. The van der Waals surface area contributed by atoms with Gasteiger partial charge in [0, 0.05) is 16.8 Å². The lowest BCUT2D eigenvalue weighted by atomic mass is 9.94. The second-order valence-electron chi connectivity index (χ2n) is 7.37. The summed E-state index contributed by atoms with van der Waals surface area (Å²) in [7, 11) is 1.45. The van der Waals surface area contributed by atoms with Crippen molar-refractivity contribution in [1.29, 1.82) is 0 Å². The molecule has 0 aliphatic carbocycles. The monoisotopic (exact) mass is 451 g/mol. The van der Waals surface area contributed by atoms with Crippen LogP contribution in [0.3, 0.4) is 0 Å². The zero-order chi connectivity index (χ0) is 23.0. The third-order valence-corrected chi connectivity index (χ3v) is 5.71. The molecule has 162 valence electrons. The number of hydrogen-bond donors (Lipinski definition) is 1. The number of halogens is 2. The van der Waals surface area contributed by atoms with E-state index in [4.69, 9.17) is 16.3 Å². The van der Waals surface area contributed by atoms with E-state index < -0.39 is 29.3 Å². The Kier molecular flexibility index (Phi) is 5.72. The van der Waals surface area contributed by atoms with Gasteiger partial charge in [-0.2, -0.15) is 0 Å². The first kappa shape index (κ1) is 21.6. The van der Waals surface area contributed by atoms with Gasteiger partial charge in [0.05, 0.1) is 23.7 Å². The fraction of sp³-hybridized carbons (Fsp3) is 0.120. The van der Waals surface area contributed by atoms with Crippen molar-refractivity contribution in [2.75, 3.05) is 12.0 Å². The quantitative estimate of drug-likeness (QED) is 0.326. The number of anilines is 1. The fourth-order valence-corrected chi connectivity index (χ4v) is 3.96. The number of ether oxygens (including phenoxy) is 1. The molecule has 1 aliphatic heterocycles. The maximum Gasteiger partial charge on any atom is 0.300 e. The predicted octanol–water partition coefficient (Wildman–Crippen LogP) is 5.42. The topological polar surface area (TPSA) is 66.8 Å². The number of hydrogen-bond acceptors (Lipinski definition) is 4. The van der Waals surface area contributed by atoms with E-state index in [0.717, 1.165) is 5.56 Å². The first-order chi connectivity index (χ1) is 15.3. The summed E-state index contributed by atoms with van der Waals surface area (Å²) in [6, 6.07) is 16.1. The summed E-state index contributed by atoms with van der Waals surface area (Å²) in [5, 5.41) is 11.3. The van der Waals surface area contributed by atoms with Crippen molar-refractivity contribution in [2.24, 2.45) is 0 Å². The first-order valence-corrected chi connectivity index (χ1v) is 10.2. The highest BCUT2D eigenvalue weighted by atomic mass is 35.5. The van der Waals surface area contributed by atoms with Crippen molar-refractivity contribution in [1.82, 2.24) is 0 Å². The molecule has 0 bridgehead atoms. The molecule has 1 unspecified atom stereocenters. The zero-order valence-electron chi connectivity index (χ0n) is 17.3. The predicted molar refractivity (Wildman–Crippen MR) is 120 cm³/mol. The highest BCUT2D eigenvalue weighted by Gasteiger charge is 2.48. The number of Topliss-reactive ketones (excluding diaryl/α,β-unsaturated/α-hetero) is 1. The van der Waals surface area contributed by atoms with Crippen LogP contribution in [0.25, 0.3) is 5.76 Å². The van der Waals surface area contributed by atoms with E-state index in [1.165, 1.54) is 42.3 Å². The molecule has 1 N–H and O–H groups in total. The Bertz CT molecular complexity index is 1250. The van der Waals surface area contributed by atoms with Crippen LogP contribution in [-0.4, -0.2) is 23.9 Å². The number of carbonyl (C=O) groups is 2. The maximum absolute atomic E-state index is 14.9. The van der Waals surface area contributed by atoms with Crippen LogP contribution in [0.5, 0.6) is 5.75 Å². The molecule has 1 fully saturated rings. The standard InChI is InChI=1S/C25H19ClFNO4/c1-14-7-9-15(10-8-14)28-22(17-5-3-4-6-20(17)27)21(24(30)25(28)31)23(29)18-13-16(32-2)11-12-19(18)26/h3-13,22,29H,1-2H3/b23-21+. The van der Waals surface area contributed by atoms with Crippen molar-refractivity contribution in [3.8, 4) is 5.75 Å². The summed E-state index contributed by atoms with van der Waals surface area (Å²) >= 11 is 6.27. The molecule has 1 saturated heterocycles. The third kappa shape index (κ3) is 3.63. The Morgan fingerprint density at radius 3 is 2.41 bits per heavy atom. The molecule has 1 heterocycles. The minimum atomic E-state index is -1.18. The van der Waals surface area contributed by atoms with Gasteiger partial charge in [0.1, 0.15) is 17.3 Å². The number of benzene rings is 3. The first-order valence-electron chi connectivity index (χ1n) is 9.79. The Balaban J connectivity index is 1.99. The molecule has 5 nitrogen and oxygen atoms in total. The molecule has 1 amide bonds. The van der Waals surface area contributed by atoms with Crippen molar-refractivity contribution in [3.63, 3.8) is 0 Å². The van der Waals surface area contributed by atoms with Crippen molar-refractivity contribution in [3.05, 3.63) is 99.8 Å². The van der Waals surface area contributed by atoms with Gasteiger partial charge in [0.2, 0.25) is 0 Å².